The van der Waals surface area contributed by atoms with Crippen molar-refractivity contribution < 1.29 is 9.18 Å². The lowest BCUT2D eigenvalue weighted by molar-refractivity contribution is -0.115. The van der Waals surface area contributed by atoms with Crippen molar-refractivity contribution in [3.8, 4) is 0 Å². The van der Waals surface area contributed by atoms with E-state index >= 15 is 0 Å². The minimum atomic E-state index is -0.504. The lowest BCUT2D eigenvalue weighted by Crippen LogP contribution is -2.23. The molecule has 0 fully saturated rings. The molecule has 0 saturated heterocycles. The SMILES string of the molecule is CC(Sc1ccccc1F)C(=O)Nc1ncc(Cl)cc1Cl. The molecule has 0 aliphatic heterocycles. The third-order valence-electron chi connectivity index (χ3n) is 2.56. The van der Waals surface area contributed by atoms with E-state index in [-0.39, 0.29) is 22.6 Å². The summed E-state index contributed by atoms with van der Waals surface area (Å²) in [6, 6.07) is 7.78. The molecule has 1 N–H and O–H groups in total. The topological polar surface area (TPSA) is 42.0 Å². The van der Waals surface area contributed by atoms with Crippen LogP contribution < -0.4 is 5.32 Å². The number of nitrogens with one attached hydrogen (secondary N) is 1. The Hall–Kier alpha value is -1.30. The van der Waals surface area contributed by atoms with E-state index in [1.165, 1.54) is 18.3 Å². The summed E-state index contributed by atoms with van der Waals surface area (Å²) in [4.78, 5) is 16.4. The van der Waals surface area contributed by atoms with Gasteiger partial charge in [-0.15, -0.1) is 11.8 Å². The number of aromatic nitrogens is 1. The van der Waals surface area contributed by atoms with Crippen LogP contribution in [0.1, 0.15) is 6.92 Å². The van der Waals surface area contributed by atoms with Crippen molar-refractivity contribution in [2.24, 2.45) is 0 Å². The molecule has 0 aliphatic rings. The van der Waals surface area contributed by atoms with Gasteiger partial charge in [0.2, 0.25) is 5.91 Å². The van der Waals surface area contributed by atoms with Crippen molar-refractivity contribution in [1.82, 2.24) is 4.98 Å². The lowest BCUT2D eigenvalue weighted by atomic mass is 10.3. The quantitative estimate of drug-likeness (QED) is 0.821. The van der Waals surface area contributed by atoms with Crippen LogP contribution in [-0.2, 0) is 4.79 Å². The number of thioether (sulfide) groups is 1. The van der Waals surface area contributed by atoms with E-state index in [4.69, 9.17) is 23.2 Å². The molecule has 1 heterocycles. The van der Waals surface area contributed by atoms with Crippen molar-refractivity contribution in [3.05, 3.63) is 52.4 Å². The van der Waals surface area contributed by atoms with E-state index in [1.54, 1.807) is 25.1 Å². The van der Waals surface area contributed by atoms with Gasteiger partial charge in [0, 0.05) is 11.1 Å². The molecule has 1 atom stereocenters. The molecule has 1 aromatic heterocycles. The number of carbonyl (C=O) groups excluding carboxylic acids is 1. The molecule has 1 unspecified atom stereocenters. The third-order valence-corrected chi connectivity index (χ3v) is 4.21. The van der Waals surface area contributed by atoms with Gasteiger partial charge >= 0.3 is 0 Å². The molecule has 3 nitrogen and oxygen atoms in total. The van der Waals surface area contributed by atoms with Gasteiger partial charge in [-0.2, -0.15) is 0 Å². The van der Waals surface area contributed by atoms with Crippen LogP contribution in [0.25, 0.3) is 0 Å². The van der Waals surface area contributed by atoms with Gasteiger partial charge in [-0.1, -0.05) is 35.3 Å². The normalized spacial score (nSPS) is 12.0. The number of hydrogen-bond donors (Lipinski definition) is 1. The van der Waals surface area contributed by atoms with E-state index in [1.807, 2.05) is 0 Å². The summed E-state index contributed by atoms with van der Waals surface area (Å²) in [6.07, 6.45) is 1.39. The van der Waals surface area contributed by atoms with Crippen LogP contribution >= 0.6 is 35.0 Å². The first kappa shape index (κ1) is 16.1. The van der Waals surface area contributed by atoms with Crippen LogP contribution in [0.3, 0.4) is 0 Å². The molecule has 0 radical (unpaired) electrons. The van der Waals surface area contributed by atoms with E-state index in [2.05, 4.69) is 10.3 Å². The predicted molar refractivity (Wildman–Crippen MR) is 84.6 cm³/mol. The van der Waals surface area contributed by atoms with E-state index in [0.717, 1.165) is 11.8 Å². The molecule has 21 heavy (non-hydrogen) atoms. The minimum absolute atomic E-state index is 0.229. The van der Waals surface area contributed by atoms with Gasteiger partial charge in [-0.25, -0.2) is 9.37 Å². The molecule has 0 spiro atoms. The second-order valence-electron chi connectivity index (χ2n) is 4.16. The highest BCUT2D eigenvalue weighted by molar-refractivity contribution is 8.00. The summed E-state index contributed by atoms with van der Waals surface area (Å²) in [5.74, 6) is -0.447. The van der Waals surface area contributed by atoms with E-state index in [0.29, 0.717) is 9.92 Å². The van der Waals surface area contributed by atoms with Crippen LogP contribution in [0.4, 0.5) is 10.2 Å². The Labute approximate surface area is 135 Å². The second-order valence-corrected chi connectivity index (χ2v) is 6.39. The van der Waals surface area contributed by atoms with Gasteiger partial charge in [0.05, 0.1) is 15.3 Å². The van der Waals surface area contributed by atoms with Crippen LogP contribution in [0.2, 0.25) is 10.0 Å². The van der Waals surface area contributed by atoms with Gasteiger partial charge in [-0.05, 0) is 25.1 Å². The molecule has 2 aromatic rings. The Kier molecular flexibility index (Phi) is 5.45. The summed E-state index contributed by atoms with van der Waals surface area (Å²) in [5, 5.41) is 2.72. The van der Waals surface area contributed by atoms with Gasteiger partial charge in [0.1, 0.15) is 5.82 Å². The first-order chi connectivity index (χ1) is 9.97. The van der Waals surface area contributed by atoms with Crippen molar-refractivity contribution in [3.63, 3.8) is 0 Å². The molecule has 0 saturated carbocycles. The fraction of sp³-hybridized carbons (Fsp3) is 0.143. The zero-order valence-corrected chi connectivity index (χ0v) is 13.3. The van der Waals surface area contributed by atoms with Gasteiger partial charge < -0.3 is 5.32 Å². The van der Waals surface area contributed by atoms with Crippen LogP contribution in [0.15, 0.2) is 41.4 Å². The second kappa shape index (κ2) is 7.11. The zero-order chi connectivity index (χ0) is 15.4. The molecule has 7 heteroatoms. The van der Waals surface area contributed by atoms with Crippen molar-refractivity contribution in [2.45, 2.75) is 17.1 Å². The predicted octanol–water partition coefficient (Wildman–Crippen LogP) is 4.65. The summed E-state index contributed by atoms with van der Waals surface area (Å²) < 4.78 is 13.5. The first-order valence-electron chi connectivity index (χ1n) is 6.00. The number of halogens is 3. The number of anilines is 1. The smallest absolute Gasteiger partial charge is 0.238 e. The summed E-state index contributed by atoms with van der Waals surface area (Å²) >= 11 is 12.8. The van der Waals surface area contributed by atoms with E-state index in [9.17, 15) is 9.18 Å². The summed E-state index contributed by atoms with van der Waals surface area (Å²) in [5.41, 5.74) is 0. The average molecular weight is 345 g/mol. The van der Waals surface area contributed by atoms with Crippen molar-refractivity contribution >= 4 is 46.7 Å². The fourth-order valence-corrected chi connectivity index (χ4v) is 2.82. The number of hydrogen-bond acceptors (Lipinski definition) is 3. The van der Waals surface area contributed by atoms with Gasteiger partial charge in [0.25, 0.3) is 0 Å². The number of nitrogens with zero attached hydrogens (tertiary/aromatic N) is 1. The Bertz CT molecular complexity index is 669. The monoisotopic (exact) mass is 344 g/mol. The molecule has 0 aliphatic carbocycles. The zero-order valence-electron chi connectivity index (χ0n) is 10.9. The Balaban J connectivity index is 2.04. The average Bonchev–Trinajstić information content (AvgIpc) is 2.44. The van der Waals surface area contributed by atoms with Gasteiger partial charge in [-0.3, -0.25) is 4.79 Å². The van der Waals surface area contributed by atoms with Crippen LogP contribution in [0, 0.1) is 5.82 Å². The number of amides is 1. The highest BCUT2D eigenvalue weighted by Gasteiger charge is 2.18. The maximum atomic E-state index is 13.5. The molecule has 110 valence electrons. The maximum absolute atomic E-state index is 13.5. The van der Waals surface area contributed by atoms with Crippen molar-refractivity contribution in [1.29, 1.82) is 0 Å². The molecule has 0 bridgehead atoms. The highest BCUT2D eigenvalue weighted by atomic mass is 35.5. The molecule has 1 amide bonds. The standard InChI is InChI=1S/C14H11Cl2FN2OS/c1-8(21-12-5-3-2-4-11(12)17)14(20)19-13-10(16)6-9(15)7-18-13/h2-8H,1H3,(H,18,19,20). The Morgan fingerprint density at radius 1 is 1.38 bits per heavy atom. The fourth-order valence-electron chi connectivity index (χ4n) is 1.51. The highest BCUT2D eigenvalue weighted by Crippen LogP contribution is 2.28. The molecular weight excluding hydrogens is 334 g/mol. The number of carbonyl (C=O) groups is 1. The van der Waals surface area contributed by atoms with Crippen LogP contribution in [0.5, 0.6) is 0 Å². The molecule has 2 rings (SSSR count). The summed E-state index contributed by atoms with van der Waals surface area (Å²) in [6.45, 7) is 1.68. The van der Waals surface area contributed by atoms with E-state index < -0.39 is 5.25 Å². The molecular formula is C14H11Cl2FN2OS. The maximum Gasteiger partial charge on any atom is 0.238 e. The summed E-state index contributed by atoms with van der Waals surface area (Å²) in [7, 11) is 0. The minimum Gasteiger partial charge on any atom is -0.308 e. The Morgan fingerprint density at radius 3 is 2.76 bits per heavy atom. The first-order valence-corrected chi connectivity index (χ1v) is 7.64. The van der Waals surface area contributed by atoms with Gasteiger partial charge in [0.15, 0.2) is 5.82 Å². The van der Waals surface area contributed by atoms with Crippen LogP contribution in [-0.4, -0.2) is 16.1 Å². The third kappa shape index (κ3) is 4.33. The molecule has 1 aromatic carbocycles. The number of pyridine rings is 1. The van der Waals surface area contributed by atoms with Crippen molar-refractivity contribution in [2.75, 3.05) is 5.32 Å². The largest absolute Gasteiger partial charge is 0.308 e. The lowest BCUT2D eigenvalue weighted by Gasteiger charge is -2.12. The number of benzene rings is 1. The number of rotatable bonds is 4. The Morgan fingerprint density at radius 2 is 2.10 bits per heavy atom.